The summed E-state index contributed by atoms with van der Waals surface area (Å²) < 4.78 is 10.4. The Morgan fingerprint density at radius 1 is 1.33 bits per heavy atom. The van der Waals surface area contributed by atoms with Crippen molar-refractivity contribution in [3.8, 4) is 11.5 Å². The number of anilines is 1. The minimum atomic E-state index is -0.0178. The number of halogens is 1. The Kier molecular flexibility index (Phi) is 6.78. The van der Waals surface area contributed by atoms with Crippen LogP contribution in [0.4, 0.5) is 5.69 Å². The highest BCUT2D eigenvalue weighted by Crippen LogP contribution is 2.31. The van der Waals surface area contributed by atoms with Crippen molar-refractivity contribution in [1.82, 2.24) is 0 Å². The Balaban J connectivity index is 0.00000220. The van der Waals surface area contributed by atoms with Crippen LogP contribution < -0.4 is 20.5 Å². The second-order valence-electron chi connectivity index (χ2n) is 5.17. The number of nitrogens with two attached hydrogens (primary N) is 1. The molecule has 0 unspecified atom stereocenters. The number of ether oxygens (including phenoxy) is 2. The molecular weight excluding hydrogens is 292 g/mol. The molecule has 1 aromatic rings. The molecule has 2 atom stereocenters. The molecule has 1 aliphatic rings. The summed E-state index contributed by atoms with van der Waals surface area (Å²) in [7, 11) is 3.16. The van der Waals surface area contributed by atoms with E-state index in [9.17, 15) is 4.79 Å². The predicted molar refractivity (Wildman–Crippen MR) is 85.4 cm³/mol. The highest BCUT2D eigenvalue weighted by atomic mass is 35.5. The van der Waals surface area contributed by atoms with Crippen molar-refractivity contribution in [2.45, 2.75) is 31.7 Å². The number of methoxy groups -OCH3 is 2. The highest BCUT2D eigenvalue weighted by molar-refractivity contribution is 5.92. The Bertz CT molecular complexity index is 482. The van der Waals surface area contributed by atoms with Crippen molar-refractivity contribution >= 4 is 24.0 Å². The normalized spacial score (nSPS) is 20.5. The van der Waals surface area contributed by atoms with E-state index in [1.54, 1.807) is 32.4 Å². The van der Waals surface area contributed by atoms with Crippen LogP contribution in [0.2, 0.25) is 0 Å². The van der Waals surface area contributed by atoms with Gasteiger partial charge < -0.3 is 20.5 Å². The van der Waals surface area contributed by atoms with Gasteiger partial charge in [0.1, 0.15) is 11.5 Å². The first kappa shape index (κ1) is 17.6. The second kappa shape index (κ2) is 8.10. The van der Waals surface area contributed by atoms with Crippen molar-refractivity contribution < 1.29 is 14.3 Å². The van der Waals surface area contributed by atoms with Crippen LogP contribution in [-0.2, 0) is 4.79 Å². The van der Waals surface area contributed by atoms with Gasteiger partial charge in [-0.2, -0.15) is 0 Å². The fraction of sp³-hybridized carbons (Fsp3) is 0.533. The first-order valence-corrected chi connectivity index (χ1v) is 6.91. The number of carbonyl (C=O) groups is 1. The summed E-state index contributed by atoms with van der Waals surface area (Å²) in [6.07, 6.45) is 3.64. The van der Waals surface area contributed by atoms with Gasteiger partial charge in [0, 0.05) is 18.5 Å². The molecule has 3 N–H and O–H groups in total. The van der Waals surface area contributed by atoms with Gasteiger partial charge in [0.05, 0.1) is 19.9 Å². The van der Waals surface area contributed by atoms with E-state index in [-0.39, 0.29) is 24.4 Å². The molecule has 0 aromatic heterocycles. The summed E-state index contributed by atoms with van der Waals surface area (Å²) in [5.41, 5.74) is 6.65. The van der Waals surface area contributed by atoms with Gasteiger partial charge >= 0.3 is 0 Å². The van der Waals surface area contributed by atoms with Gasteiger partial charge in [-0.1, -0.05) is 6.42 Å². The lowest BCUT2D eigenvalue weighted by Gasteiger charge is -2.16. The van der Waals surface area contributed by atoms with Crippen LogP contribution >= 0.6 is 12.4 Å². The minimum Gasteiger partial charge on any atom is -0.497 e. The summed E-state index contributed by atoms with van der Waals surface area (Å²) in [5.74, 6) is 1.56. The molecule has 0 radical (unpaired) electrons. The molecule has 21 heavy (non-hydrogen) atoms. The largest absolute Gasteiger partial charge is 0.497 e. The molecule has 0 aliphatic heterocycles. The fourth-order valence-corrected chi connectivity index (χ4v) is 2.66. The first-order valence-electron chi connectivity index (χ1n) is 6.91. The molecule has 2 rings (SSSR count). The van der Waals surface area contributed by atoms with E-state index in [2.05, 4.69) is 5.32 Å². The molecule has 1 amide bonds. The quantitative estimate of drug-likeness (QED) is 0.876. The van der Waals surface area contributed by atoms with Crippen LogP contribution in [-0.4, -0.2) is 26.2 Å². The van der Waals surface area contributed by atoms with E-state index in [4.69, 9.17) is 15.2 Å². The van der Waals surface area contributed by atoms with E-state index in [1.807, 2.05) is 0 Å². The van der Waals surface area contributed by atoms with Crippen LogP contribution in [0.3, 0.4) is 0 Å². The average Bonchev–Trinajstić information content (AvgIpc) is 2.84. The lowest BCUT2D eigenvalue weighted by atomic mass is 10.00. The third kappa shape index (κ3) is 4.51. The van der Waals surface area contributed by atoms with Crippen molar-refractivity contribution in [1.29, 1.82) is 0 Å². The zero-order valence-corrected chi connectivity index (χ0v) is 13.2. The summed E-state index contributed by atoms with van der Waals surface area (Å²) in [6.45, 7) is 0. The number of amides is 1. The van der Waals surface area contributed by atoms with Gasteiger partial charge in [0.15, 0.2) is 0 Å². The Hall–Kier alpha value is -1.46. The molecule has 0 bridgehead atoms. The molecule has 1 saturated carbocycles. The van der Waals surface area contributed by atoms with E-state index < -0.39 is 0 Å². The maximum Gasteiger partial charge on any atom is 0.224 e. The second-order valence-corrected chi connectivity index (χ2v) is 5.17. The third-order valence-corrected chi connectivity index (χ3v) is 3.85. The maximum atomic E-state index is 12.1. The smallest absolute Gasteiger partial charge is 0.224 e. The number of hydrogen-bond donors (Lipinski definition) is 2. The standard InChI is InChI=1S/C15H22N2O3.ClH/c1-19-11-6-7-13(14(9-11)20-2)17-15(18)8-10-4-3-5-12(10)16;/h6-7,9-10,12H,3-5,8,16H2,1-2H3,(H,17,18);1H/t10-,12+;/m0./s1. The zero-order chi connectivity index (χ0) is 14.5. The van der Waals surface area contributed by atoms with Gasteiger partial charge in [0.2, 0.25) is 5.91 Å². The molecule has 118 valence electrons. The number of hydrogen-bond acceptors (Lipinski definition) is 4. The molecule has 5 nitrogen and oxygen atoms in total. The van der Waals surface area contributed by atoms with Crippen LogP contribution in [0.15, 0.2) is 18.2 Å². The van der Waals surface area contributed by atoms with Crippen molar-refractivity contribution in [3.63, 3.8) is 0 Å². The van der Waals surface area contributed by atoms with Gasteiger partial charge in [-0.15, -0.1) is 12.4 Å². The van der Waals surface area contributed by atoms with E-state index >= 15 is 0 Å². The van der Waals surface area contributed by atoms with E-state index in [0.717, 1.165) is 19.3 Å². The topological polar surface area (TPSA) is 73.6 Å². The number of nitrogens with one attached hydrogen (secondary N) is 1. The molecule has 0 spiro atoms. The summed E-state index contributed by atoms with van der Waals surface area (Å²) >= 11 is 0. The maximum absolute atomic E-state index is 12.1. The summed E-state index contributed by atoms with van der Waals surface area (Å²) in [4.78, 5) is 12.1. The Morgan fingerprint density at radius 2 is 2.10 bits per heavy atom. The Morgan fingerprint density at radius 3 is 2.67 bits per heavy atom. The molecular formula is C15H23ClN2O3. The summed E-state index contributed by atoms with van der Waals surface area (Å²) in [5, 5.41) is 2.89. The fourth-order valence-electron chi connectivity index (χ4n) is 2.66. The zero-order valence-electron chi connectivity index (χ0n) is 12.4. The third-order valence-electron chi connectivity index (χ3n) is 3.85. The van der Waals surface area contributed by atoms with Crippen LogP contribution in [0.25, 0.3) is 0 Å². The van der Waals surface area contributed by atoms with E-state index in [0.29, 0.717) is 29.5 Å². The highest BCUT2D eigenvalue weighted by Gasteiger charge is 2.26. The van der Waals surface area contributed by atoms with Crippen LogP contribution in [0, 0.1) is 5.92 Å². The van der Waals surface area contributed by atoms with Gasteiger partial charge in [-0.3, -0.25) is 4.79 Å². The van der Waals surface area contributed by atoms with Crippen LogP contribution in [0.5, 0.6) is 11.5 Å². The van der Waals surface area contributed by atoms with E-state index in [1.165, 1.54) is 0 Å². The van der Waals surface area contributed by atoms with Gasteiger partial charge in [-0.05, 0) is 30.9 Å². The van der Waals surface area contributed by atoms with Gasteiger partial charge in [0.25, 0.3) is 0 Å². The van der Waals surface area contributed by atoms with Crippen molar-refractivity contribution in [2.24, 2.45) is 11.7 Å². The molecule has 0 saturated heterocycles. The molecule has 1 aromatic carbocycles. The molecule has 0 heterocycles. The number of rotatable bonds is 5. The number of carbonyl (C=O) groups excluding carboxylic acids is 1. The molecule has 6 heteroatoms. The minimum absolute atomic E-state index is 0. The van der Waals surface area contributed by atoms with Crippen LogP contribution in [0.1, 0.15) is 25.7 Å². The van der Waals surface area contributed by atoms with Gasteiger partial charge in [-0.25, -0.2) is 0 Å². The molecule has 1 aliphatic carbocycles. The average molecular weight is 315 g/mol. The molecule has 1 fully saturated rings. The summed E-state index contributed by atoms with van der Waals surface area (Å²) in [6, 6.07) is 5.47. The first-order chi connectivity index (χ1) is 9.63. The van der Waals surface area contributed by atoms with Crippen molar-refractivity contribution in [3.05, 3.63) is 18.2 Å². The van der Waals surface area contributed by atoms with Crippen molar-refractivity contribution in [2.75, 3.05) is 19.5 Å². The number of benzene rings is 1. The lowest BCUT2D eigenvalue weighted by Crippen LogP contribution is -2.28. The lowest BCUT2D eigenvalue weighted by molar-refractivity contribution is -0.117. The predicted octanol–water partition coefficient (Wildman–Crippen LogP) is 2.58. The monoisotopic (exact) mass is 314 g/mol. The SMILES string of the molecule is COc1ccc(NC(=O)C[C@@H]2CCC[C@H]2N)c(OC)c1.Cl. The Labute approximate surface area is 131 Å².